The van der Waals surface area contributed by atoms with E-state index in [9.17, 15) is 4.79 Å². The van der Waals surface area contributed by atoms with Gasteiger partial charge in [0.25, 0.3) is 0 Å². The first-order valence-corrected chi connectivity index (χ1v) is 11.7. The average molecular weight is 398 g/mol. The van der Waals surface area contributed by atoms with Crippen LogP contribution in [0.4, 0.5) is 5.69 Å². The van der Waals surface area contributed by atoms with E-state index in [1.165, 1.54) is 47.0 Å². The Bertz CT molecular complexity index is 1150. The van der Waals surface area contributed by atoms with E-state index >= 15 is 0 Å². The number of carbonyl (C=O) groups is 1. The molecular weight excluding hydrogens is 366 g/mol. The van der Waals surface area contributed by atoms with E-state index in [0.717, 1.165) is 24.3 Å². The second-order valence-electron chi connectivity index (χ2n) is 10.7. The van der Waals surface area contributed by atoms with Crippen molar-refractivity contribution in [1.29, 1.82) is 0 Å². The van der Waals surface area contributed by atoms with Gasteiger partial charge in [-0.3, -0.25) is 4.79 Å². The molecule has 2 unspecified atom stereocenters. The quantitative estimate of drug-likeness (QED) is 0.519. The maximum absolute atomic E-state index is 13.2. The molecule has 2 saturated carbocycles. The summed E-state index contributed by atoms with van der Waals surface area (Å²) in [6.07, 6.45) is 8.99. The molecule has 2 aromatic carbocycles. The SMILES string of the molecule is CC12CCC(CC1=C[C@@H]1C3=C(CCCC3=O)Nc3ccc4ccccc4c31)C2(C)C. The normalized spacial score (nSPS) is 33.0. The Kier molecular flexibility index (Phi) is 3.74. The average Bonchev–Trinajstić information content (AvgIpc) is 3.07. The Hall–Kier alpha value is -2.35. The lowest BCUT2D eigenvalue weighted by Gasteiger charge is -2.38. The van der Waals surface area contributed by atoms with Crippen molar-refractivity contribution in [3.8, 4) is 0 Å². The maximum Gasteiger partial charge on any atom is 0.161 e. The number of benzene rings is 2. The number of Topliss-reactive ketones (excluding diaryl/α,β-unsaturated/α-hetero) is 1. The lowest BCUT2D eigenvalue weighted by Crippen LogP contribution is -2.29. The molecule has 0 saturated heterocycles. The third kappa shape index (κ3) is 2.28. The topological polar surface area (TPSA) is 29.1 Å². The minimum atomic E-state index is 0.0807. The molecule has 1 aliphatic heterocycles. The molecule has 2 nitrogen and oxygen atoms in total. The van der Waals surface area contributed by atoms with Crippen LogP contribution in [0.15, 0.2) is 59.3 Å². The minimum Gasteiger partial charge on any atom is -0.358 e. The predicted molar refractivity (Wildman–Crippen MR) is 124 cm³/mol. The van der Waals surface area contributed by atoms with Crippen molar-refractivity contribution in [2.75, 3.05) is 5.32 Å². The van der Waals surface area contributed by atoms with Gasteiger partial charge in [-0.05, 0) is 71.3 Å². The van der Waals surface area contributed by atoms with Crippen LogP contribution in [-0.4, -0.2) is 5.78 Å². The molecule has 3 aliphatic carbocycles. The Balaban J connectivity index is 1.59. The molecule has 4 aliphatic rings. The molecule has 6 rings (SSSR count). The van der Waals surface area contributed by atoms with Gasteiger partial charge in [-0.25, -0.2) is 0 Å². The van der Waals surface area contributed by atoms with Gasteiger partial charge >= 0.3 is 0 Å². The summed E-state index contributed by atoms with van der Waals surface area (Å²) >= 11 is 0. The molecule has 30 heavy (non-hydrogen) atoms. The standard InChI is InChI=1S/C28H31NO/c1-27(2)18-13-14-28(27,3)19(15-18)16-21-25-20-8-5-4-7-17(20)11-12-23(25)29-22-9-6-10-24(30)26(21)22/h4-5,7-8,11-12,16,18,21,29H,6,9-10,13-15H2,1-3H3/t18?,21-,28?/m0/s1. The summed E-state index contributed by atoms with van der Waals surface area (Å²) in [6, 6.07) is 13.1. The van der Waals surface area contributed by atoms with E-state index in [2.05, 4.69) is 68.6 Å². The second-order valence-corrected chi connectivity index (χ2v) is 10.7. The van der Waals surface area contributed by atoms with Crippen LogP contribution in [0, 0.1) is 16.7 Å². The molecule has 2 fully saturated rings. The van der Waals surface area contributed by atoms with Crippen LogP contribution >= 0.6 is 0 Å². The highest BCUT2D eigenvalue weighted by Crippen LogP contribution is 2.68. The van der Waals surface area contributed by atoms with E-state index < -0.39 is 0 Å². The van der Waals surface area contributed by atoms with E-state index in [1.807, 2.05) is 0 Å². The number of nitrogens with one attached hydrogen (secondary N) is 1. The van der Waals surface area contributed by atoms with Gasteiger partial charge in [-0.1, -0.05) is 62.8 Å². The van der Waals surface area contributed by atoms with Crippen LogP contribution in [0.1, 0.15) is 70.8 Å². The molecule has 1 N–H and O–H groups in total. The summed E-state index contributed by atoms with van der Waals surface area (Å²) in [7, 11) is 0. The Labute approximate surface area is 179 Å². The van der Waals surface area contributed by atoms with Crippen molar-refractivity contribution < 1.29 is 4.79 Å². The molecule has 0 aromatic heterocycles. The van der Waals surface area contributed by atoms with Crippen molar-refractivity contribution in [2.45, 2.75) is 65.2 Å². The Morgan fingerprint density at radius 2 is 1.90 bits per heavy atom. The van der Waals surface area contributed by atoms with Crippen LogP contribution < -0.4 is 5.32 Å². The van der Waals surface area contributed by atoms with E-state index in [-0.39, 0.29) is 11.3 Å². The van der Waals surface area contributed by atoms with Gasteiger partial charge < -0.3 is 5.32 Å². The van der Waals surface area contributed by atoms with Crippen molar-refractivity contribution in [3.63, 3.8) is 0 Å². The summed E-state index contributed by atoms with van der Waals surface area (Å²) in [5.74, 6) is 1.20. The van der Waals surface area contributed by atoms with Crippen LogP contribution in [0.5, 0.6) is 0 Å². The third-order valence-corrected chi connectivity index (χ3v) is 9.31. The van der Waals surface area contributed by atoms with Crippen molar-refractivity contribution in [2.24, 2.45) is 16.7 Å². The molecular formula is C28H31NO. The molecule has 0 radical (unpaired) electrons. The maximum atomic E-state index is 13.2. The van der Waals surface area contributed by atoms with Crippen molar-refractivity contribution in [1.82, 2.24) is 0 Å². The first kappa shape index (κ1) is 18.4. The summed E-state index contributed by atoms with van der Waals surface area (Å²) in [4.78, 5) is 13.2. The molecule has 0 amide bonds. The van der Waals surface area contributed by atoms with Gasteiger partial charge in [0.2, 0.25) is 0 Å². The van der Waals surface area contributed by atoms with Crippen LogP contribution in [-0.2, 0) is 4.79 Å². The van der Waals surface area contributed by atoms with Gasteiger partial charge in [-0.2, -0.15) is 0 Å². The number of anilines is 1. The van der Waals surface area contributed by atoms with Gasteiger partial charge in [-0.15, -0.1) is 0 Å². The monoisotopic (exact) mass is 397 g/mol. The number of fused-ring (bicyclic) bond motifs is 5. The van der Waals surface area contributed by atoms with Crippen molar-refractivity contribution >= 4 is 22.2 Å². The van der Waals surface area contributed by atoms with Crippen LogP contribution in [0.2, 0.25) is 0 Å². The molecule has 2 bridgehead atoms. The van der Waals surface area contributed by atoms with E-state index in [0.29, 0.717) is 17.6 Å². The fourth-order valence-electron chi connectivity index (χ4n) is 7.04. The fraction of sp³-hybridized carbons (Fsp3) is 0.464. The zero-order valence-electron chi connectivity index (χ0n) is 18.3. The third-order valence-electron chi connectivity index (χ3n) is 9.31. The number of carbonyl (C=O) groups excluding carboxylic acids is 1. The van der Waals surface area contributed by atoms with Crippen molar-refractivity contribution in [3.05, 3.63) is 64.9 Å². The minimum absolute atomic E-state index is 0.0807. The highest BCUT2D eigenvalue weighted by atomic mass is 16.1. The van der Waals surface area contributed by atoms with Gasteiger partial charge in [0.1, 0.15) is 0 Å². The molecule has 0 spiro atoms. The number of hydrogen-bond donors (Lipinski definition) is 1. The lowest BCUT2D eigenvalue weighted by atomic mass is 9.67. The molecule has 1 heterocycles. The van der Waals surface area contributed by atoms with E-state index in [4.69, 9.17) is 0 Å². The predicted octanol–water partition coefficient (Wildman–Crippen LogP) is 7.13. The van der Waals surface area contributed by atoms with E-state index in [1.54, 1.807) is 5.57 Å². The molecule has 2 heteroatoms. The summed E-state index contributed by atoms with van der Waals surface area (Å²) in [5, 5.41) is 6.20. The first-order valence-electron chi connectivity index (χ1n) is 11.7. The summed E-state index contributed by atoms with van der Waals surface area (Å²) in [6.45, 7) is 7.41. The van der Waals surface area contributed by atoms with Crippen LogP contribution in [0.3, 0.4) is 0 Å². The number of allylic oxidation sites excluding steroid dienone is 4. The van der Waals surface area contributed by atoms with Gasteiger partial charge in [0.05, 0.1) is 0 Å². The zero-order chi connectivity index (χ0) is 20.7. The fourth-order valence-corrected chi connectivity index (χ4v) is 7.04. The summed E-state index contributed by atoms with van der Waals surface area (Å²) in [5.41, 5.74) is 6.91. The lowest BCUT2D eigenvalue weighted by molar-refractivity contribution is -0.116. The Morgan fingerprint density at radius 1 is 1.07 bits per heavy atom. The first-order chi connectivity index (χ1) is 14.4. The highest BCUT2D eigenvalue weighted by molar-refractivity contribution is 6.03. The molecule has 3 atom stereocenters. The van der Waals surface area contributed by atoms with Crippen LogP contribution in [0.25, 0.3) is 10.8 Å². The molecule has 2 aromatic rings. The van der Waals surface area contributed by atoms with Gasteiger partial charge in [0.15, 0.2) is 5.78 Å². The molecule has 154 valence electrons. The number of ketones is 1. The smallest absolute Gasteiger partial charge is 0.161 e. The zero-order valence-corrected chi connectivity index (χ0v) is 18.3. The Morgan fingerprint density at radius 3 is 2.67 bits per heavy atom. The second kappa shape index (κ2) is 6.09. The number of hydrogen-bond acceptors (Lipinski definition) is 2. The van der Waals surface area contributed by atoms with Gasteiger partial charge in [0, 0.05) is 29.3 Å². The summed E-state index contributed by atoms with van der Waals surface area (Å²) < 4.78 is 0. The number of rotatable bonds is 1. The largest absolute Gasteiger partial charge is 0.358 e. The highest BCUT2D eigenvalue weighted by Gasteiger charge is 2.58.